The fourth-order valence-electron chi connectivity index (χ4n) is 1.84. The molecule has 0 aliphatic rings. The smallest absolute Gasteiger partial charge is 0.142 e. The van der Waals surface area contributed by atoms with Crippen LogP contribution in [0.1, 0.15) is 24.5 Å². The molecule has 2 nitrogen and oxygen atoms in total. The molecule has 0 amide bonds. The van der Waals surface area contributed by atoms with E-state index in [1.165, 1.54) is 0 Å². The van der Waals surface area contributed by atoms with Gasteiger partial charge in [-0.15, -0.1) is 0 Å². The zero-order valence-corrected chi connectivity index (χ0v) is 16.3. The van der Waals surface area contributed by atoms with Gasteiger partial charge in [0.2, 0.25) is 0 Å². The molecule has 0 heterocycles. The normalized spacial score (nSPS) is 11.1. The van der Waals surface area contributed by atoms with Crippen LogP contribution in [0.4, 0.5) is 5.69 Å². The maximum Gasteiger partial charge on any atom is 0.142 e. The van der Waals surface area contributed by atoms with Gasteiger partial charge in [-0.25, -0.2) is 0 Å². The van der Waals surface area contributed by atoms with Crippen molar-refractivity contribution < 1.29 is 4.74 Å². The molecule has 0 aromatic heterocycles. The van der Waals surface area contributed by atoms with Crippen molar-refractivity contribution in [3.05, 3.63) is 55.4 Å². The van der Waals surface area contributed by atoms with Crippen LogP contribution < -0.4 is 4.74 Å². The lowest BCUT2D eigenvalue weighted by atomic mass is 10.2. The third kappa shape index (κ3) is 4.58. The quantitative estimate of drug-likeness (QED) is 0.469. The molecule has 116 valence electrons. The maximum atomic E-state index is 6.13. The highest BCUT2D eigenvalue weighted by Crippen LogP contribution is 2.32. The lowest BCUT2D eigenvalue weighted by molar-refractivity contribution is 0.315. The van der Waals surface area contributed by atoms with Crippen LogP contribution in [0.15, 0.2) is 44.3 Å². The minimum atomic E-state index is 0.664. The van der Waals surface area contributed by atoms with Crippen molar-refractivity contribution in [2.24, 2.45) is 4.99 Å². The van der Waals surface area contributed by atoms with Gasteiger partial charge in [0.15, 0.2) is 0 Å². The zero-order valence-electron chi connectivity index (χ0n) is 12.4. The summed E-state index contributed by atoms with van der Waals surface area (Å²) < 4.78 is 7.68. The summed E-state index contributed by atoms with van der Waals surface area (Å²) in [6, 6.07) is 9.70. The molecule has 22 heavy (non-hydrogen) atoms. The van der Waals surface area contributed by atoms with E-state index in [2.05, 4.69) is 43.8 Å². The van der Waals surface area contributed by atoms with Crippen LogP contribution in [-0.2, 0) is 0 Å². The maximum absolute atomic E-state index is 6.13. The average Bonchev–Trinajstić information content (AvgIpc) is 2.47. The first-order valence-corrected chi connectivity index (χ1v) is 8.89. The SMILES string of the molecule is CCCOc1c(Br)cc(Br)cc1C=Nc1ccc(C)c(Cl)c1. The van der Waals surface area contributed by atoms with Gasteiger partial charge in [0.1, 0.15) is 5.75 Å². The molecule has 0 aliphatic heterocycles. The Morgan fingerprint density at radius 3 is 2.68 bits per heavy atom. The molecular weight excluding hydrogens is 429 g/mol. The summed E-state index contributed by atoms with van der Waals surface area (Å²) in [5, 5.41) is 0.715. The van der Waals surface area contributed by atoms with E-state index in [0.717, 1.165) is 37.9 Å². The second kappa shape index (κ2) is 8.14. The third-order valence-electron chi connectivity index (χ3n) is 3.00. The Bertz CT molecular complexity index is 701. The molecule has 5 heteroatoms. The van der Waals surface area contributed by atoms with Crippen molar-refractivity contribution in [1.82, 2.24) is 0 Å². The number of ether oxygens (including phenoxy) is 1. The highest BCUT2D eigenvalue weighted by atomic mass is 79.9. The Hall–Kier alpha value is -0.840. The highest BCUT2D eigenvalue weighted by molar-refractivity contribution is 9.11. The van der Waals surface area contributed by atoms with Crippen molar-refractivity contribution in [3.63, 3.8) is 0 Å². The molecular formula is C17H16Br2ClNO. The molecule has 0 fully saturated rings. The van der Waals surface area contributed by atoms with E-state index in [1.807, 2.05) is 37.3 Å². The van der Waals surface area contributed by atoms with Gasteiger partial charge in [-0.3, -0.25) is 4.99 Å². The number of rotatable bonds is 5. The van der Waals surface area contributed by atoms with Gasteiger partial charge in [0, 0.05) is 21.3 Å². The van der Waals surface area contributed by atoms with Crippen molar-refractivity contribution in [3.8, 4) is 5.75 Å². The largest absolute Gasteiger partial charge is 0.492 e. The number of benzene rings is 2. The first kappa shape index (κ1) is 17.5. The van der Waals surface area contributed by atoms with E-state index in [9.17, 15) is 0 Å². The van der Waals surface area contributed by atoms with E-state index in [0.29, 0.717) is 11.6 Å². The van der Waals surface area contributed by atoms with E-state index in [4.69, 9.17) is 16.3 Å². The molecule has 0 aliphatic carbocycles. The Morgan fingerprint density at radius 2 is 2.00 bits per heavy atom. The Morgan fingerprint density at radius 1 is 1.23 bits per heavy atom. The van der Waals surface area contributed by atoms with Crippen LogP contribution in [0.2, 0.25) is 5.02 Å². The van der Waals surface area contributed by atoms with Crippen LogP contribution in [-0.4, -0.2) is 12.8 Å². The molecule has 0 saturated heterocycles. The number of hydrogen-bond donors (Lipinski definition) is 0. The van der Waals surface area contributed by atoms with Crippen LogP contribution in [0.5, 0.6) is 5.75 Å². The molecule has 2 aromatic rings. The molecule has 0 radical (unpaired) electrons. The van der Waals surface area contributed by atoms with Gasteiger partial charge in [-0.2, -0.15) is 0 Å². The third-order valence-corrected chi connectivity index (χ3v) is 4.45. The Balaban J connectivity index is 2.34. The van der Waals surface area contributed by atoms with Crippen LogP contribution in [0, 0.1) is 6.92 Å². The first-order valence-electron chi connectivity index (χ1n) is 6.93. The molecule has 0 unspecified atom stereocenters. The summed E-state index contributed by atoms with van der Waals surface area (Å²) in [4.78, 5) is 4.50. The summed E-state index contributed by atoms with van der Waals surface area (Å²) in [5.74, 6) is 0.798. The number of aryl methyl sites for hydroxylation is 1. The standard InChI is InChI=1S/C17H16Br2ClNO/c1-3-6-22-17-12(7-13(18)8-15(17)19)10-21-14-5-4-11(2)16(20)9-14/h4-5,7-10H,3,6H2,1-2H3. The zero-order chi connectivity index (χ0) is 16.1. The molecule has 2 aromatic carbocycles. The van der Waals surface area contributed by atoms with E-state index in [-0.39, 0.29) is 0 Å². The van der Waals surface area contributed by atoms with Crippen molar-refractivity contribution in [2.75, 3.05) is 6.61 Å². The molecule has 2 rings (SSSR count). The summed E-state index contributed by atoms with van der Waals surface area (Å²) in [5.41, 5.74) is 2.76. The summed E-state index contributed by atoms with van der Waals surface area (Å²) in [6.07, 6.45) is 2.74. The van der Waals surface area contributed by atoms with Gasteiger partial charge in [0.25, 0.3) is 0 Å². The minimum absolute atomic E-state index is 0.664. The molecule has 0 bridgehead atoms. The number of nitrogens with zero attached hydrogens (tertiary/aromatic N) is 1. The topological polar surface area (TPSA) is 21.6 Å². The second-order valence-corrected chi connectivity index (χ2v) is 7.02. The first-order chi connectivity index (χ1) is 10.5. The fraction of sp³-hybridized carbons (Fsp3) is 0.235. The summed E-state index contributed by atoms with van der Waals surface area (Å²) in [7, 11) is 0. The van der Waals surface area contributed by atoms with E-state index < -0.39 is 0 Å². The van der Waals surface area contributed by atoms with Gasteiger partial charge < -0.3 is 4.74 Å². The van der Waals surface area contributed by atoms with Gasteiger partial charge in [-0.1, -0.05) is 40.5 Å². The summed E-state index contributed by atoms with van der Waals surface area (Å²) >= 11 is 13.2. The van der Waals surface area contributed by atoms with Crippen molar-refractivity contribution >= 4 is 55.4 Å². The van der Waals surface area contributed by atoms with E-state index in [1.54, 1.807) is 6.21 Å². The Kier molecular flexibility index (Phi) is 6.48. The molecule has 0 atom stereocenters. The molecule has 0 spiro atoms. The lowest BCUT2D eigenvalue weighted by Gasteiger charge is -2.11. The monoisotopic (exact) mass is 443 g/mol. The minimum Gasteiger partial charge on any atom is -0.492 e. The van der Waals surface area contributed by atoms with E-state index >= 15 is 0 Å². The second-order valence-electron chi connectivity index (χ2n) is 4.85. The van der Waals surface area contributed by atoms with Gasteiger partial charge in [-0.05, 0) is 59.1 Å². The Labute approximate surface area is 152 Å². The molecule has 0 N–H and O–H groups in total. The number of halogens is 3. The average molecular weight is 446 g/mol. The number of hydrogen-bond acceptors (Lipinski definition) is 2. The predicted molar refractivity (Wildman–Crippen MR) is 101 cm³/mol. The van der Waals surface area contributed by atoms with Gasteiger partial charge >= 0.3 is 0 Å². The molecule has 0 saturated carbocycles. The predicted octanol–water partition coefficient (Wildman–Crippen LogP) is 6.71. The van der Waals surface area contributed by atoms with Crippen LogP contribution in [0.25, 0.3) is 0 Å². The fourth-order valence-corrected chi connectivity index (χ4v) is 3.39. The van der Waals surface area contributed by atoms with Crippen LogP contribution >= 0.6 is 43.5 Å². The van der Waals surface area contributed by atoms with Crippen LogP contribution in [0.3, 0.4) is 0 Å². The van der Waals surface area contributed by atoms with Crippen molar-refractivity contribution in [2.45, 2.75) is 20.3 Å². The van der Waals surface area contributed by atoms with Crippen molar-refractivity contribution in [1.29, 1.82) is 0 Å². The van der Waals surface area contributed by atoms with Gasteiger partial charge in [0.05, 0.1) is 16.8 Å². The highest BCUT2D eigenvalue weighted by Gasteiger charge is 2.09. The summed E-state index contributed by atoms with van der Waals surface area (Å²) in [6.45, 7) is 4.71. The number of aliphatic imine (C=N–C) groups is 1. The lowest BCUT2D eigenvalue weighted by Crippen LogP contribution is -1.99.